The Kier molecular flexibility index (Phi) is 5.99. The minimum Gasteiger partial charge on any atom is -0.496 e. The second kappa shape index (κ2) is 8.80. The molecule has 0 spiro atoms. The van der Waals surface area contributed by atoms with E-state index in [1.165, 1.54) is 18.3 Å². The monoisotopic (exact) mass is 365 g/mol. The average molecular weight is 365 g/mol. The van der Waals surface area contributed by atoms with Crippen LogP contribution in [0.5, 0.6) is 5.75 Å². The number of benzene rings is 2. The Hall–Kier alpha value is -3.41. The van der Waals surface area contributed by atoms with Gasteiger partial charge in [0.25, 0.3) is 5.91 Å². The van der Waals surface area contributed by atoms with Crippen LogP contribution in [0.3, 0.4) is 0 Å². The van der Waals surface area contributed by atoms with Crippen molar-refractivity contribution < 1.29 is 13.9 Å². The summed E-state index contributed by atoms with van der Waals surface area (Å²) in [7, 11) is 1.63. The molecule has 5 nitrogen and oxygen atoms in total. The van der Waals surface area contributed by atoms with Gasteiger partial charge in [-0.05, 0) is 29.8 Å². The molecule has 6 heteroatoms. The zero-order chi connectivity index (χ0) is 19.1. The van der Waals surface area contributed by atoms with Gasteiger partial charge in [-0.25, -0.2) is 4.39 Å². The van der Waals surface area contributed by atoms with Gasteiger partial charge in [-0.3, -0.25) is 9.78 Å². The molecule has 138 valence electrons. The first-order chi connectivity index (χ1) is 13.2. The number of amides is 1. The minimum atomic E-state index is -0.303. The van der Waals surface area contributed by atoms with Crippen LogP contribution in [0, 0.1) is 5.82 Å². The van der Waals surface area contributed by atoms with Crippen molar-refractivity contribution in [2.24, 2.45) is 0 Å². The van der Waals surface area contributed by atoms with Crippen molar-refractivity contribution in [2.45, 2.75) is 13.1 Å². The smallest absolute Gasteiger partial charge is 0.253 e. The van der Waals surface area contributed by atoms with Gasteiger partial charge in [-0.1, -0.05) is 30.3 Å². The number of aromatic nitrogens is 1. The van der Waals surface area contributed by atoms with E-state index < -0.39 is 0 Å². The molecular weight excluding hydrogens is 345 g/mol. The number of methoxy groups -OCH3 is 1. The third-order valence-corrected chi connectivity index (χ3v) is 4.04. The van der Waals surface area contributed by atoms with Crippen LogP contribution in [-0.2, 0) is 13.1 Å². The molecule has 2 aromatic carbocycles. The van der Waals surface area contributed by atoms with Crippen molar-refractivity contribution in [3.8, 4) is 5.75 Å². The van der Waals surface area contributed by atoms with Gasteiger partial charge in [-0.2, -0.15) is 0 Å². The quantitative estimate of drug-likeness (QED) is 0.669. The number of hydrogen-bond acceptors (Lipinski definition) is 4. The molecule has 27 heavy (non-hydrogen) atoms. The second-order valence-corrected chi connectivity index (χ2v) is 5.94. The van der Waals surface area contributed by atoms with E-state index in [-0.39, 0.29) is 11.7 Å². The van der Waals surface area contributed by atoms with Crippen molar-refractivity contribution in [1.29, 1.82) is 0 Å². The summed E-state index contributed by atoms with van der Waals surface area (Å²) in [5.74, 6) is 0.252. The Morgan fingerprint density at radius 2 is 1.85 bits per heavy atom. The van der Waals surface area contributed by atoms with Crippen molar-refractivity contribution >= 4 is 11.6 Å². The lowest BCUT2D eigenvalue weighted by Gasteiger charge is -2.11. The lowest BCUT2D eigenvalue weighted by molar-refractivity contribution is 0.0950. The predicted molar refractivity (Wildman–Crippen MR) is 102 cm³/mol. The highest BCUT2D eigenvalue weighted by Crippen LogP contribution is 2.19. The van der Waals surface area contributed by atoms with Crippen LogP contribution < -0.4 is 15.4 Å². The summed E-state index contributed by atoms with van der Waals surface area (Å²) in [6.45, 7) is 0.865. The first kappa shape index (κ1) is 18.4. The maximum absolute atomic E-state index is 12.9. The Bertz CT molecular complexity index is 913. The lowest BCUT2D eigenvalue weighted by atomic mass is 10.2. The van der Waals surface area contributed by atoms with Gasteiger partial charge in [-0.15, -0.1) is 0 Å². The van der Waals surface area contributed by atoms with Crippen molar-refractivity contribution in [1.82, 2.24) is 10.3 Å². The zero-order valence-corrected chi connectivity index (χ0v) is 14.9. The first-order valence-corrected chi connectivity index (χ1v) is 8.49. The number of anilines is 1. The molecule has 0 fully saturated rings. The van der Waals surface area contributed by atoms with Gasteiger partial charge in [0, 0.05) is 31.0 Å². The largest absolute Gasteiger partial charge is 0.496 e. The summed E-state index contributed by atoms with van der Waals surface area (Å²) in [5.41, 5.74) is 3.01. The van der Waals surface area contributed by atoms with Gasteiger partial charge in [0.05, 0.1) is 18.4 Å². The summed E-state index contributed by atoms with van der Waals surface area (Å²) >= 11 is 0. The molecule has 0 aliphatic rings. The SMILES string of the molecule is COc1ccccc1CNc1cncc(C(=O)NCc2ccc(F)cc2)c1. The van der Waals surface area contributed by atoms with E-state index in [0.717, 1.165) is 22.6 Å². The zero-order valence-electron chi connectivity index (χ0n) is 14.9. The molecule has 1 aromatic heterocycles. The normalized spacial score (nSPS) is 10.3. The lowest BCUT2D eigenvalue weighted by Crippen LogP contribution is -2.23. The van der Waals surface area contributed by atoms with E-state index in [4.69, 9.17) is 4.74 Å². The number of nitrogens with one attached hydrogen (secondary N) is 2. The second-order valence-electron chi connectivity index (χ2n) is 5.94. The molecule has 1 heterocycles. The molecule has 0 radical (unpaired) electrons. The van der Waals surface area contributed by atoms with Crippen LogP contribution in [-0.4, -0.2) is 18.0 Å². The number of ether oxygens (including phenoxy) is 1. The highest BCUT2D eigenvalue weighted by Gasteiger charge is 2.08. The van der Waals surface area contributed by atoms with Crippen LogP contribution in [0.25, 0.3) is 0 Å². The molecular formula is C21H20FN3O2. The molecule has 0 unspecified atom stereocenters. The van der Waals surface area contributed by atoms with E-state index >= 15 is 0 Å². The highest BCUT2D eigenvalue weighted by atomic mass is 19.1. The molecule has 0 saturated heterocycles. The summed E-state index contributed by atoms with van der Waals surface area (Å²) < 4.78 is 18.3. The molecule has 0 bridgehead atoms. The van der Waals surface area contributed by atoms with Gasteiger partial charge in [0.2, 0.25) is 0 Å². The molecule has 2 N–H and O–H groups in total. The van der Waals surface area contributed by atoms with Crippen molar-refractivity contribution in [3.05, 3.63) is 89.5 Å². The predicted octanol–water partition coefficient (Wildman–Crippen LogP) is 3.77. The first-order valence-electron chi connectivity index (χ1n) is 8.49. The number of carbonyl (C=O) groups excluding carboxylic acids is 1. The Labute approximate surface area is 157 Å². The number of rotatable bonds is 7. The van der Waals surface area contributed by atoms with Gasteiger partial charge in [0.15, 0.2) is 0 Å². The minimum absolute atomic E-state index is 0.243. The van der Waals surface area contributed by atoms with Crippen LogP contribution in [0.4, 0.5) is 10.1 Å². The number of hydrogen-bond donors (Lipinski definition) is 2. The van der Waals surface area contributed by atoms with E-state index in [9.17, 15) is 9.18 Å². The Balaban J connectivity index is 1.60. The fourth-order valence-corrected chi connectivity index (χ4v) is 2.59. The Morgan fingerprint density at radius 1 is 1.07 bits per heavy atom. The topological polar surface area (TPSA) is 63.2 Å². The van der Waals surface area contributed by atoms with Crippen LogP contribution in [0.15, 0.2) is 67.0 Å². The molecule has 0 atom stereocenters. The number of para-hydroxylation sites is 1. The molecule has 3 aromatic rings. The highest BCUT2D eigenvalue weighted by molar-refractivity contribution is 5.94. The van der Waals surface area contributed by atoms with Gasteiger partial charge < -0.3 is 15.4 Å². The molecule has 0 aliphatic carbocycles. The molecule has 3 rings (SSSR count). The average Bonchev–Trinajstić information content (AvgIpc) is 2.72. The number of pyridine rings is 1. The van der Waals surface area contributed by atoms with Gasteiger partial charge >= 0.3 is 0 Å². The fourth-order valence-electron chi connectivity index (χ4n) is 2.59. The van der Waals surface area contributed by atoms with Gasteiger partial charge in [0.1, 0.15) is 11.6 Å². The molecule has 0 saturated carbocycles. The Morgan fingerprint density at radius 3 is 2.63 bits per heavy atom. The summed E-state index contributed by atoms with van der Waals surface area (Å²) in [6, 6.07) is 15.5. The summed E-state index contributed by atoms with van der Waals surface area (Å²) in [4.78, 5) is 16.5. The standard InChI is InChI=1S/C21H20FN3O2/c1-27-20-5-3-2-4-16(20)13-24-19-10-17(12-23-14-19)21(26)25-11-15-6-8-18(22)9-7-15/h2-10,12,14,24H,11,13H2,1H3,(H,25,26). The third kappa shape index (κ3) is 5.04. The maximum atomic E-state index is 12.9. The fraction of sp³-hybridized carbons (Fsp3) is 0.143. The van der Waals surface area contributed by atoms with E-state index in [1.807, 2.05) is 24.3 Å². The maximum Gasteiger partial charge on any atom is 0.253 e. The van der Waals surface area contributed by atoms with E-state index in [2.05, 4.69) is 15.6 Å². The van der Waals surface area contributed by atoms with E-state index in [0.29, 0.717) is 18.7 Å². The van der Waals surface area contributed by atoms with Crippen LogP contribution in [0.1, 0.15) is 21.5 Å². The summed E-state index contributed by atoms with van der Waals surface area (Å²) in [5, 5.41) is 6.05. The summed E-state index contributed by atoms with van der Waals surface area (Å²) in [6.07, 6.45) is 3.17. The van der Waals surface area contributed by atoms with Crippen molar-refractivity contribution in [2.75, 3.05) is 12.4 Å². The van der Waals surface area contributed by atoms with E-state index in [1.54, 1.807) is 31.5 Å². The number of nitrogens with zero attached hydrogens (tertiary/aromatic N) is 1. The molecule has 0 aliphatic heterocycles. The third-order valence-electron chi connectivity index (χ3n) is 4.04. The molecule has 1 amide bonds. The number of carbonyl (C=O) groups is 1. The van der Waals surface area contributed by atoms with Crippen LogP contribution >= 0.6 is 0 Å². The number of halogens is 1. The van der Waals surface area contributed by atoms with Crippen LogP contribution in [0.2, 0.25) is 0 Å². The van der Waals surface area contributed by atoms with Crippen molar-refractivity contribution in [3.63, 3.8) is 0 Å².